The van der Waals surface area contributed by atoms with Gasteiger partial charge in [0.1, 0.15) is 6.10 Å². The molecule has 0 spiro atoms. The molecule has 1 aliphatic heterocycles. The average molecular weight is 339 g/mol. The van der Waals surface area contributed by atoms with Gasteiger partial charge in [0.25, 0.3) is 0 Å². The van der Waals surface area contributed by atoms with E-state index in [1.807, 2.05) is 53.9 Å². The molecule has 0 aliphatic carbocycles. The van der Waals surface area contributed by atoms with Crippen molar-refractivity contribution < 1.29 is 9.53 Å². The van der Waals surface area contributed by atoms with E-state index in [1.54, 1.807) is 4.90 Å². The molecule has 1 saturated heterocycles. The van der Waals surface area contributed by atoms with E-state index < -0.39 is 0 Å². The Morgan fingerprint density at radius 3 is 3.00 bits per heavy atom. The summed E-state index contributed by atoms with van der Waals surface area (Å²) in [6.45, 7) is 1.27. The Labute approximate surface area is 143 Å². The van der Waals surface area contributed by atoms with Gasteiger partial charge < -0.3 is 9.64 Å². The first-order chi connectivity index (χ1) is 11.8. The minimum Gasteiger partial charge on any atom is -0.472 e. The van der Waals surface area contributed by atoms with Crippen LogP contribution >= 0.6 is 11.3 Å². The fourth-order valence-electron chi connectivity index (χ4n) is 2.83. The molecule has 1 aliphatic rings. The van der Waals surface area contributed by atoms with Gasteiger partial charge in [-0.3, -0.25) is 5.32 Å². The van der Waals surface area contributed by atoms with Crippen LogP contribution in [-0.4, -0.2) is 35.1 Å². The van der Waals surface area contributed by atoms with Crippen molar-refractivity contribution in [1.29, 1.82) is 0 Å². The number of urea groups is 1. The SMILES string of the molecule is O=C(Nc1cccs1)N1CCC(Oc2ccc3ccccc3n2)C1. The zero-order valence-corrected chi connectivity index (χ0v) is 13.8. The second-order valence-electron chi connectivity index (χ2n) is 5.72. The van der Waals surface area contributed by atoms with E-state index in [4.69, 9.17) is 4.74 Å². The molecule has 3 aromatic rings. The number of nitrogens with one attached hydrogen (secondary N) is 1. The second kappa shape index (κ2) is 6.49. The van der Waals surface area contributed by atoms with E-state index in [9.17, 15) is 4.79 Å². The average Bonchev–Trinajstić information content (AvgIpc) is 3.27. The molecular formula is C18H17N3O2S. The number of carbonyl (C=O) groups excluding carboxylic acids is 1. The van der Waals surface area contributed by atoms with E-state index >= 15 is 0 Å². The largest absolute Gasteiger partial charge is 0.472 e. The lowest BCUT2D eigenvalue weighted by Gasteiger charge is -2.17. The van der Waals surface area contributed by atoms with E-state index in [1.165, 1.54) is 11.3 Å². The van der Waals surface area contributed by atoms with Gasteiger partial charge in [0, 0.05) is 24.4 Å². The molecule has 1 unspecified atom stereocenters. The van der Waals surface area contributed by atoms with E-state index in [-0.39, 0.29) is 12.1 Å². The lowest BCUT2D eigenvalue weighted by molar-refractivity contribution is 0.190. The van der Waals surface area contributed by atoms with Gasteiger partial charge in [-0.1, -0.05) is 18.2 Å². The van der Waals surface area contributed by atoms with Gasteiger partial charge in [0.2, 0.25) is 5.88 Å². The second-order valence-corrected chi connectivity index (χ2v) is 6.67. The molecule has 3 heterocycles. The van der Waals surface area contributed by atoms with Crippen LogP contribution in [0.5, 0.6) is 5.88 Å². The number of benzene rings is 1. The third kappa shape index (κ3) is 3.19. The summed E-state index contributed by atoms with van der Waals surface area (Å²) in [5, 5.41) is 6.80. The molecule has 2 amide bonds. The van der Waals surface area contributed by atoms with Crippen LogP contribution < -0.4 is 10.1 Å². The Balaban J connectivity index is 1.38. The number of anilines is 1. The summed E-state index contributed by atoms with van der Waals surface area (Å²) in [5.74, 6) is 0.610. The van der Waals surface area contributed by atoms with Crippen molar-refractivity contribution in [2.75, 3.05) is 18.4 Å². The Hall–Kier alpha value is -2.60. The molecule has 1 N–H and O–H groups in total. The van der Waals surface area contributed by atoms with Crippen molar-refractivity contribution >= 4 is 33.3 Å². The first-order valence-electron chi connectivity index (χ1n) is 7.90. The lowest BCUT2D eigenvalue weighted by Crippen LogP contribution is -2.34. The van der Waals surface area contributed by atoms with Crippen LogP contribution in [0.4, 0.5) is 9.80 Å². The van der Waals surface area contributed by atoms with Gasteiger partial charge in [-0.05, 0) is 29.6 Å². The Kier molecular flexibility index (Phi) is 4.04. The van der Waals surface area contributed by atoms with Gasteiger partial charge in [-0.2, -0.15) is 0 Å². The molecular weight excluding hydrogens is 322 g/mol. The molecule has 4 rings (SSSR count). The maximum absolute atomic E-state index is 12.2. The topological polar surface area (TPSA) is 54.5 Å². The fraction of sp³-hybridized carbons (Fsp3) is 0.222. The van der Waals surface area contributed by atoms with E-state index in [0.29, 0.717) is 19.0 Å². The quantitative estimate of drug-likeness (QED) is 0.785. The third-order valence-electron chi connectivity index (χ3n) is 4.04. The summed E-state index contributed by atoms with van der Waals surface area (Å²) in [5.41, 5.74) is 0.917. The van der Waals surface area contributed by atoms with Gasteiger partial charge in [0.05, 0.1) is 17.1 Å². The van der Waals surface area contributed by atoms with Crippen LogP contribution in [0.3, 0.4) is 0 Å². The maximum Gasteiger partial charge on any atom is 0.322 e. The minimum atomic E-state index is -0.0741. The summed E-state index contributed by atoms with van der Waals surface area (Å²) in [7, 11) is 0. The van der Waals surface area contributed by atoms with Gasteiger partial charge in [0.15, 0.2) is 0 Å². The molecule has 1 aromatic carbocycles. The van der Waals surface area contributed by atoms with Crippen LogP contribution in [-0.2, 0) is 0 Å². The standard InChI is InChI=1S/C18H17N3O2S/c22-18(20-17-6-3-11-24-17)21-10-9-14(12-21)23-16-8-7-13-4-1-2-5-15(13)19-16/h1-8,11,14H,9-10,12H2,(H,20,22). The molecule has 6 heteroatoms. The molecule has 0 radical (unpaired) electrons. The summed E-state index contributed by atoms with van der Waals surface area (Å²) >= 11 is 1.51. The summed E-state index contributed by atoms with van der Waals surface area (Å²) in [6, 6.07) is 15.6. The molecule has 0 saturated carbocycles. The number of hydrogen-bond donors (Lipinski definition) is 1. The highest BCUT2D eigenvalue weighted by atomic mass is 32.1. The Morgan fingerprint density at radius 2 is 2.12 bits per heavy atom. The number of carbonyl (C=O) groups is 1. The molecule has 24 heavy (non-hydrogen) atoms. The summed E-state index contributed by atoms with van der Waals surface area (Å²) in [4.78, 5) is 18.5. The molecule has 2 aromatic heterocycles. The van der Waals surface area contributed by atoms with Crippen LogP contribution in [0.1, 0.15) is 6.42 Å². The highest BCUT2D eigenvalue weighted by Gasteiger charge is 2.28. The van der Waals surface area contributed by atoms with Gasteiger partial charge in [-0.15, -0.1) is 11.3 Å². The highest BCUT2D eigenvalue weighted by molar-refractivity contribution is 7.14. The number of fused-ring (bicyclic) bond motifs is 1. The zero-order chi connectivity index (χ0) is 16.4. The summed E-state index contributed by atoms with van der Waals surface area (Å²) in [6.07, 6.45) is 0.791. The monoisotopic (exact) mass is 339 g/mol. The number of rotatable bonds is 3. The number of amides is 2. The van der Waals surface area contributed by atoms with Crippen molar-refractivity contribution in [3.8, 4) is 5.88 Å². The number of hydrogen-bond acceptors (Lipinski definition) is 4. The van der Waals surface area contributed by atoms with Crippen molar-refractivity contribution in [1.82, 2.24) is 9.88 Å². The first-order valence-corrected chi connectivity index (χ1v) is 8.78. The number of aromatic nitrogens is 1. The molecule has 122 valence electrons. The highest BCUT2D eigenvalue weighted by Crippen LogP contribution is 2.21. The first kappa shape index (κ1) is 15.0. The van der Waals surface area contributed by atoms with Crippen LogP contribution in [0.25, 0.3) is 10.9 Å². The van der Waals surface area contributed by atoms with Crippen molar-refractivity contribution in [2.24, 2.45) is 0 Å². The van der Waals surface area contributed by atoms with E-state index in [2.05, 4.69) is 10.3 Å². The lowest BCUT2D eigenvalue weighted by atomic mass is 10.2. The van der Waals surface area contributed by atoms with Gasteiger partial charge in [-0.25, -0.2) is 9.78 Å². The fourth-order valence-corrected chi connectivity index (χ4v) is 3.43. The summed E-state index contributed by atoms with van der Waals surface area (Å²) < 4.78 is 5.97. The normalized spacial score (nSPS) is 17.2. The van der Waals surface area contributed by atoms with Crippen molar-refractivity contribution in [3.63, 3.8) is 0 Å². The molecule has 0 bridgehead atoms. The molecule has 1 atom stereocenters. The zero-order valence-electron chi connectivity index (χ0n) is 13.0. The predicted molar refractivity (Wildman–Crippen MR) is 95.7 cm³/mol. The number of likely N-dealkylation sites (tertiary alicyclic amines) is 1. The number of ether oxygens (including phenoxy) is 1. The minimum absolute atomic E-state index is 0.0206. The third-order valence-corrected chi connectivity index (χ3v) is 4.83. The predicted octanol–water partition coefficient (Wildman–Crippen LogP) is 3.98. The molecule has 1 fully saturated rings. The van der Waals surface area contributed by atoms with Crippen LogP contribution in [0, 0.1) is 0 Å². The molecule has 5 nitrogen and oxygen atoms in total. The van der Waals surface area contributed by atoms with Gasteiger partial charge >= 0.3 is 6.03 Å². The van der Waals surface area contributed by atoms with Crippen LogP contribution in [0.15, 0.2) is 53.9 Å². The smallest absolute Gasteiger partial charge is 0.322 e. The Morgan fingerprint density at radius 1 is 1.21 bits per heavy atom. The Bertz CT molecular complexity index is 850. The number of para-hydroxylation sites is 1. The maximum atomic E-state index is 12.2. The van der Waals surface area contributed by atoms with Crippen molar-refractivity contribution in [2.45, 2.75) is 12.5 Å². The number of pyridine rings is 1. The number of nitrogens with zero attached hydrogens (tertiary/aromatic N) is 2. The van der Waals surface area contributed by atoms with E-state index in [0.717, 1.165) is 22.3 Å². The van der Waals surface area contributed by atoms with Crippen LogP contribution in [0.2, 0.25) is 0 Å². The van der Waals surface area contributed by atoms with Crippen molar-refractivity contribution in [3.05, 3.63) is 53.9 Å². The number of thiophene rings is 1.